The highest BCUT2D eigenvalue weighted by atomic mass is 31.2. The third-order valence-corrected chi connectivity index (χ3v) is 10.5. The smallest absolute Gasteiger partial charge is 0.373 e. The summed E-state index contributed by atoms with van der Waals surface area (Å²) < 4.78 is 37.7. The van der Waals surface area contributed by atoms with Crippen LogP contribution in [0, 0.1) is 0 Å². The van der Waals surface area contributed by atoms with E-state index in [4.69, 9.17) is 18.5 Å². The minimum Gasteiger partial charge on any atom is -0.373 e. The van der Waals surface area contributed by atoms with E-state index in [-0.39, 0.29) is 19.8 Å². The second-order valence-corrected chi connectivity index (χ2v) is 16.6. The van der Waals surface area contributed by atoms with Gasteiger partial charge < -0.3 is 18.9 Å². The molecule has 8 heteroatoms. The normalized spacial score (nSPS) is 14.1. The second kappa shape index (κ2) is 25.5. The summed E-state index contributed by atoms with van der Waals surface area (Å²) in [5.41, 5.74) is 1.98. The maximum Gasteiger partial charge on any atom is 0.472 e. The number of nitrogens with zero attached hydrogens (tertiary/aromatic N) is 1. The Morgan fingerprint density at radius 2 is 1.08 bits per heavy atom. The first-order valence-electron chi connectivity index (χ1n) is 20.2. The Hall–Kier alpha value is -2.61. The van der Waals surface area contributed by atoms with Gasteiger partial charge in [0.25, 0.3) is 0 Å². The molecule has 0 heterocycles. The number of hydrogen-bond donors (Lipinski definition) is 1. The first kappa shape index (κ1) is 44.8. The van der Waals surface area contributed by atoms with Crippen molar-refractivity contribution >= 4 is 7.82 Å². The molecule has 1 unspecified atom stereocenters. The molecule has 0 fully saturated rings. The van der Waals surface area contributed by atoms with Crippen molar-refractivity contribution in [1.29, 1.82) is 0 Å². The standard InChI is InChI=1S/C45H68NO6P/c1-5-6-7-8-9-10-11-12-13-14-15-16-17-18-19-29-37-49-44(40-52-53(47,48)51-38-36-46(2,3)4)39-50-45(41-30-23-20-24-31-41,42-32-25-21-26-33-42)43-34-27-22-28-35-43/h12-13,20-28,30-35,44H,5-11,14-19,29,36-40H2,1-4H3/p+1/b13-12-/t44-/m1/s1. The first-order valence-corrected chi connectivity index (χ1v) is 21.7. The molecule has 1 N–H and O–H groups in total. The minimum atomic E-state index is -4.30. The summed E-state index contributed by atoms with van der Waals surface area (Å²) in [4.78, 5) is 10.5. The Morgan fingerprint density at radius 3 is 1.55 bits per heavy atom. The Labute approximate surface area is 321 Å². The number of allylic oxidation sites excluding steroid dienone is 2. The molecule has 0 amide bonds. The Kier molecular flexibility index (Phi) is 21.5. The maximum atomic E-state index is 12.9. The predicted octanol–water partition coefficient (Wildman–Crippen LogP) is 11.3. The summed E-state index contributed by atoms with van der Waals surface area (Å²) in [6, 6.07) is 30.5. The van der Waals surface area contributed by atoms with Crippen LogP contribution in [0.2, 0.25) is 0 Å². The summed E-state index contributed by atoms with van der Waals surface area (Å²) in [5.74, 6) is 0. The molecule has 0 spiro atoms. The molecular weight excluding hydrogens is 681 g/mol. The van der Waals surface area contributed by atoms with E-state index in [2.05, 4.69) is 55.5 Å². The lowest BCUT2D eigenvalue weighted by Crippen LogP contribution is -2.38. The van der Waals surface area contributed by atoms with E-state index >= 15 is 0 Å². The number of phosphoric ester groups is 1. The van der Waals surface area contributed by atoms with Crippen molar-refractivity contribution in [1.82, 2.24) is 0 Å². The fourth-order valence-corrected chi connectivity index (χ4v) is 7.12. The van der Waals surface area contributed by atoms with Crippen LogP contribution in [0.5, 0.6) is 0 Å². The first-order chi connectivity index (χ1) is 25.7. The maximum absolute atomic E-state index is 12.9. The number of rotatable bonds is 30. The summed E-state index contributed by atoms with van der Waals surface area (Å²) >= 11 is 0. The zero-order valence-corrected chi connectivity index (χ0v) is 34.1. The van der Waals surface area contributed by atoms with Gasteiger partial charge in [-0.05, 0) is 48.8 Å². The quantitative estimate of drug-likeness (QED) is 0.0240. The number of benzene rings is 3. The van der Waals surface area contributed by atoms with Gasteiger partial charge in [0.15, 0.2) is 0 Å². The SMILES string of the molecule is CCCCCCCC/C=C\CCCCCCCCO[C@H](COC(c1ccccc1)(c1ccccc1)c1ccccc1)COP(=O)(O)OCC[N+](C)(C)C. The van der Waals surface area contributed by atoms with Crippen LogP contribution in [0.4, 0.5) is 0 Å². The molecule has 3 aromatic rings. The van der Waals surface area contributed by atoms with Gasteiger partial charge in [0.2, 0.25) is 0 Å². The Bertz CT molecular complexity index is 1320. The van der Waals surface area contributed by atoms with E-state index in [1.165, 1.54) is 70.6 Å². The van der Waals surface area contributed by atoms with Crippen molar-refractivity contribution in [2.24, 2.45) is 0 Å². The van der Waals surface area contributed by atoms with E-state index in [1.807, 2.05) is 75.7 Å². The van der Waals surface area contributed by atoms with Crippen LogP contribution in [0.25, 0.3) is 0 Å². The average Bonchev–Trinajstić information content (AvgIpc) is 3.15. The molecule has 0 radical (unpaired) electrons. The lowest BCUT2D eigenvalue weighted by atomic mass is 9.80. The zero-order valence-electron chi connectivity index (χ0n) is 33.2. The summed E-state index contributed by atoms with van der Waals surface area (Å²) in [7, 11) is 1.71. The molecule has 294 valence electrons. The molecule has 0 aliphatic rings. The zero-order chi connectivity index (χ0) is 38.1. The molecule has 0 bridgehead atoms. The Balaban J connectivity index is 1.58. The van der Waals surface area contributed by atoms with Crippen LogP contribution >= 0.6 is 7.82 Å². The van der Waals surface area contributed by atoms with Crippen molar-refractivity contribution in [2.75, 3.05) is 54.1 Å². The predicted molar refractivity (Wildman–Crippen MR) is 219 cm³/mol. The second-order valence-electron chi connectivity index (χ2n) is 15.1. The van der Waals surface area contributed by atoms with Gasteiger partial charge in [0, 0.05) is 6.61 Å². The average molecular weight is 751 g/mol. The molecule has 53 heavy (non-hydrogen) atoms. The van der Waals surface area contributed by atoms with E-state index in [9.17, 15) is 9.46 Å². The largest absolute Gasteiger partial charge is 0.472 e. The number of phosphoric acid groups is 1. The molecular formula is C45H69NO6P+. The molecule has 0 saturated carbocycles. The summed E-state index contributed by atoms with van der Waals surface area (Å²) in [6.07, 6.45) is 21.5. The highest BCUT2D eigenvalue weighted by molar-refractivity contribution is 7.47. The number of quaternary nitrogens is 1. The van der Waals surface area contributed by atoms with Gasteiger partial charge in [-0.2, -0.15) is 0 Å². The fraction of sp³-hybridized carbons (Fsp3) is 0.556. The monoisotopic (exact) mass is 750 g/mol. The van der Waals surface area contributed by atoms with E-state index < -0.39 is 19.5 Å². The van der Waals surface area contributed by atoms with Crippen LogP contribution in [0.15, 0.2) is 103 Å². The van der Waals surface area contributed by atoms with Crippen LogP contribution in [-0.4, -0.2) is 69.6 Å². The lowest BCUT2D eigenvalue weighted by Gasteiger charge is -2.37. The fourth-order valence-electron chi connectivity index (χ4n) is 6.38. The van der Waals surface area contributed by atoms with Crippen molar-refractivity contribution < 1.29 is 32.5 Å². The number of hydrogen-bond acceptors (Lipinski definition) is 5. The number of unbranched alkanes of at least 4 members (excludes halogenated alkanes) is 12. The van der Waals surface area contributed by atoms with Gasteiger partial charge in [-0.25, -0.2) is 4.57 Å². The van der Waals surface area contributed by atoms with Crippen molar-refractivity contribution in [2.45, 2.75) is 109 Å². The third-order valence-electron chi connectivity index (χ3n) is 9.48. The molecule has 0 aliphatic carbocycles. The van der Waals surface area contributed by atoms with E-state index in [1.54, 1.807) is 0 Å². The van der Waals surface area contributed by atoms with Gasteiger partial charge in [-0.3, -0.25) is 9.05 Å². The summed E-state index contributed by atoms with van der Waals surface area (Å²) in [6.45, 7) is 3.44. The van der Waals surface area contributed by atoms with Gasteiger partial charge in [0.1, 0.15) is 24.9 Å². The van der Waals surface area contributed by atoms with Gasteiger partial charge in [0.05, 0.1) is 34.4 Å². The van der Waals surface area contributed by atoms with Crippen molar-refractivity contribution in [3.05, 3.63) is 120 Å². The highest BCUT2D eigenvalue weighted by Gasteiger charge is 2.38. The minimum absolute atomic E-state index is 0.105. The number of ether oxygens (including phenoxy) is 2. The molecule has 0 aromatic heterocycles. The van der Waals surface area contributed by atoms with Crippen LogP contribution in [0.1, 0.15) is 114 Å². The summed E-state index contributed by atoms with van der Waals surface area (Å²) in [5, 5.41) is 0. The van der Waals surface area contributed by atoms with Crippen molar-refractivity contribution in [3.8, 4) is 0 Å². The topological polar surface area (TPSA) is 74.2 Å². The molecule has 0 aliphatic heterocycles. The highest BCUT2D eigenvalue weighted by Crippen LogP contribution is 2.44. The van der Waals surface area contributed by atoms with Crippen LogP contribution in [0.3, 0.4) is 0 Å². The van der Waals surface area contributed by atoms with E-state index in [0.717, 1.165) is 36.0 Å². The van der Waals surface area contributed by atoms with E-state index in [0.29, 0.717) is 17.6 Å². The lowest BCUT2D eigenvalue weighted by molar-refractivity contribution is -0.870. The van der Waals surface area contributed by atoms with Gasteiger partial charge in [-0.15, -0.1) is 0 Å². The van der Waals surface area contributed by atoms with Crippen LogP contribution in [-0.2, 0) is 28.7 Å². The molecule has 3 rings (SSSR count). The third kappa shape index (κ3) is 18.1. The van der Waals surface area contributed by atoms with Gasteiger partial charge >= 0.3 is 7.82 Å². The van der Waals surface area contributed by atoms with Crippen molar-refractivity contribution in [3.63, 3.8) is 0 Å². The van der Waals surface area contributed by atoms with Crippen LogP contribution < -0.4 is 0 Å². The molecule has 2 atom stereocenters. The molecule has 7 nitrogen and oxygen atoms in total. The number of likely N-dealkylation sites (N-methyl/N-ethyl adjacent to an activating group) is 1. The molecule has 0 saturated heterocycles. The Morgan fingerprint density at radius 1 is 0.623 bits per heavy atom. The molecule has 3 aromatic carbocycles. The van der Waals surface area contributed by atoms with Gasteiger partial charge in [-0.1, -0.05) is 168 Å².